The highest BCUT2D eigenvalue weighted by molar-refractivity contribution is 6.32. The molecule has 112 valence electrons. The number of rotatable bonds is 5. The molecule has 0 fully saturated rings. The summed E-state index contributed by atoms with van der Waals surface area (Å²) < 4.78 is 6.96. The van der Waals surface area contributed by atoms with Crippen molar-refractivity contribution in [3.63, 3.8) is 0 Å². The first-order valence-electron chi connectivity index (χ1n) is 6.58. The molecule has 1 heterocycles. The molecule has 2 aromatic rings. The summed E-state index contributed by atoms with van der Waals surface area (Å²) in [4.78, 5) is 11.1. The van der Waals surface area contributed by atoms with Gasteiger partial charge in [0.25, 0.3) is 0 Å². The third-order valence-corrected chi connectivity index (χ3v) is 3.44. The number of hydrogen-bond donors (Lipinski definition) is 1. The Kier molecular flexibility index (Phi) is 4.53. The maximum Gasteiger partial charge on any atom is 0.308 e. The van der Waals surface area contributed by atoms with Crippen molar-refractivity contribution in [1.29, 1.82) is 0 Å². The van der Waals surface area contributed by atoms with Crippen molar-refractivity contribution in [2.75, 3.05) is 7.11 Å². The van der Waals surface area contributed by atoms with Gasteiger partial charge in [-0.05, 0) is 18.1 Å². The van der Waals surface area contributed by atoms with Crippen LogP contribution in [0.15, 0.2) is 24.3 Å². The van der Waals surface area contributed by atoms with E-state index in [4.69, 9.17) is 21.4 Å². The number of carboxylic acid groups (broad SMARTS) is 1. The Balaban J connectivity index is 2.67. The molecule has 0 saturated heterocycles. The topological polar surface area (TPSA) is 64.3 Å². The Morgan fingerprint density at radius 1 is 1.43 bits per heavy atom. The summed E-state index contributed by atoms with van der Waals surface area (Å²) in [5.74, 6) is -0.430. The van der Waals surface area contributed by atoms with E-state index in [1.165, 1.54) is 7.11 Å². The van der Waals surface area contributed by atoms with E-state index in [1.807, 2.05) is 32.0 Å². The van der Waals surface area contributed by atoms with Crippen LogP contribution >= 0.6 is 11.6 Å². The second-order valence-corrected chi connectivity index (χ2v) is 5.37. The quantitative estimate of drug-likeness (QED) is 0.920. The minimum absolute atomic E-state index is 0.0805. The van der Waals surface area contributed by atoms with Crippen molar-refractivity contribution < 1.29 is 14.6 Å². The Morgan fingerprint density at radius 3 is 2.62 bits per heavy atom. The SMILES string of the molecule is COc1c(CC(=O)O)c(C(C)C)nn1-c1ccccc1Cl. The van der Waals surface area contributed by atoms with Gasteiger partial charge in [-0.3, -0.25) is 4.79 Å². The standard InChI is InChI=1S/C15H17ClN2O3/c1-9(2)14-10(8-13(19)20)15(21-3)18(17-14)12-7-5-4-6-11(12)16/h4-7,9H,8H2,1-3H3,(H,19,20). The Morgan fingerprint density at radius 2 is 2.10 bits per heavy atom. The zero-order valence-electron chi connectivity index (χ0n) is 12.1. The maximum absolute atomic E-state index is 11.1. The van der Waals surface area contributed by atoms with E-state index in [0.717, 1.165) is 0 Å². The second kappa shape index (κ2) is 6.18. The van der Waals surface area contributed by atoms with Crippen LogP contribution in [-0.4, -0.2) is 28.0 Å². The Bertz CT molecular complexity index is 665. The second-order valence-electron chi connectivity index (χ2n) is 4.96. The van der Waals surface area contributed by atoms with Crippen LogP contribution < -0.4 is 4.74 Å². The highest BCUT2D eigenvalue weighted by Gasteiger charge is 2.24. The number of benzene rings is 1. The molecule has 0 radical (unpaired) electrons. The van der Waals surface area contributed by atoms with Crippen molar-refractivity contribution >= 4 is 17.6 Å². The Hall–Kier alpha value is -2.01. The summed E-state index contributed by atoms with van der Waals surface area (Å²) in [5.41, 5.74) is 1.95. The van der Waals surface area contributed by atoms with Gasteiger partial charge in [-0.1, -0.05) is 37.6 Å². The molecule has 1 aromatic carbocycles. The summed E-state index contributed by atoms with van der Waals surface area (Å²) in [5, 5.41) is 14.1. The first-order chi connectivity index (χ1) is 9.95. The fourth-order valence-electron chi connectivity index (χ4n) is 2.23. The van der Waals surface area contributed by atoms with E-state index in [2.05, 4.69) is 5.10 Å². The molecule has 5 nitrogen and oxygen atoms in total. The van der Waals surface area contributed by atoms with Gasteiger partial charge in [0.2, 0.25) is 5.88 Å². The van der Waals surface area contributed by atoms with E-state index in [0.29, 0.717) is 27.8 Å². The van der Waals surface area contributed by atoms with E-state index in [9.17, 15) is 4.79 Å². The summed E-state index contributed by atoms with van der Waals surface area (Å²) in [7, 11) is 1.50. The Labute approximate surface area is 128 Å². The lowest BCUT2D eigenvalue weighted by Crippen LogP contribution is -2.05. The highest BCUT2D eigenvalue weighted by Crippen LogP contribution is 2.32. The number of halogens is 1. The van der Waals surface area contributed by atoms with E-state index in [1.54, 1.807) is 10.7 Å². The zero-order chi connectivity index (χ0) is 15.6. The normalized spacial score (nSPS) is 10.9. The predicted molar refractivity (Wildman–Crippen MR) is 80.6 cm³/mol. The van der Waals surface area contributed by atoms with Crippen LogP contribution in [0.2, 0.25) is 5.02 Å². The van der Waals surface area contributed by atoms with Crippen LogP contribution in [0.1, 0.15) is 31.0 Å². The van der Waals surface area contributed by atoms with Gasteiger partial charge < -0.3 is 9.84 Å². The van der Waals surface area contributed by atoms with E-state index in [-0.39, 0.29) is 12.3 Å². The zero-order valence-corrected chi connectivity index (χ0v) is 12.9. The average molecular weight is 309 g/mol. The summed E-state index contributed by atoms with van der Waals surface area (Å²) in [6, 6.07) is 7.23. The van der Waals surface area contributed by atoms with Gasteiger partial charge in [0.05, 0.1) is 29.9 Å². The molecule has 1 N–H and O–H groups in total. The van der Waals surface area contributed by atoms with Crippen LogP contribution in [0.5, 0.6) is 5.88 Å². The van der Waals surface area contributed by atoms with E-state index < -0.39 is 5.97 Å². The van der Waals surface area contributed by atoms with Crippen LogP contribution in [0.4, 0.5) is 0 Å². The first kappa shape index (κ1) is 15.4. The number of carboxylic acids is 1. The lowest BCUT2D eigenvalue weighted by atomic mass is 10.0. The first-order valence-corrected chi connectivity index (χ1v) is 6.96. The number of carbonyl (C=O) groups is 1. The number of para-hydroxylation sites is 1. The van der Waals surface area contributed by atoms with Crippen molar-refractivity contribution in [3.05, 3.63) is 40.5 Å². The monoisotopic (exact) mass is 308 g/mol. The van der Waals surface area contributed by atoms with Crippen molar-refractivity contribution in [2.45, 2.75) is 26.2 Å². The molecule has 0 unspecified atom stereocenters. The smallest absolute Gasteiger partial charge is 0.308 e. The molecule has 0 aliphatic rings. The number of ether oxygens (including phenoxy) is 1. The fourth-order valence-corrected chi connectivity index (χ4v) is 2.44. The molecule has 0 aliphatic carbocycles. The van der Waals surface area contributed by atoms with Crippen molar-refractivity contribution in [2.24, 2.45) is 0 Å². The maximum atomic E-state index is 11.1. The molecule has 0 bridgehead atoms. The van der Waals surface area contributed by atoms with E-state index >= 15 is 0 Å². The molecule has 6 heteroatoms. The summed E-state index contributed by atoms with van der Waals surface area (Å²) in [6.07, 6.45) is -0.138. The van der Waals surface area contributed by atoms with Gasteiger partial charge in [-0.15, -0.1) is 0 Å². The lowest BCUT2D eigenvalue weighted by Gasteiger charge is -2.08. The molecule has 0 aliphatic heterocycles. The van der Waals surface area contributed by atoms with Gasteiger partial charge in [-0.2, -0.15) is 9.78 Å². The molecule has 1 aromatic heterocycles. The minimum Gasteiger partial charge on any atom is -0.481 e. The molecule has 0 saturated carbocycles. The third-order valence-electron chi connectivity index (χ3n) is 3.12. The molecule has 2 rings (SSSR count). The van der Waals surface area contributed by atoms with Crippen LogP contribution in [0, 0.1) is 0 Å². The molecular formula is C15H17ClN2O3. The van der Waals surface area contributed by atoms with Crippen LogP contribution in [-0.2, 0) is 11.2 Å². The molecular weight excluding hydrogens is 292 g/mol. The molecule has 21 heavy (non-hydrogen) atoms. The minimum atomic E-state index is -0.922. The van der Waals surface area contributed by atoms with Crippen molar-refractivity contribution in [3.8, 4) is 11.6 Å². The number of aromatic nitrogens is 2. The number of hydrogen-bond acceptors (Lipinski definition) is 3. The fraction of sp³-hybridized carbons (Fsp3) is 0.333. The van der Waals surface area contributed by atoms with Crippen LogP contribution in [0.25, 0.3) is 5.69 Å². The summed E-state index contributed by atoms with van der Waals surface area (Å²) in [6.45, 7) is 3.92. The predicted octanol–water partition coefficient (Wildman–Crippen LogP) is 3.28. The number of aliphatic carboxylic acids is 1. The molecule has 0 atom stereocenters. The van der Waals surface area contributed by atoms with Gasteiger partial charge in [-0.25, -0.2) is 0 Å². The largest absolute Gasteiger partial charge is 0.481 e. The highest BCUT2D eigenvalue weighted by atomic mass is 35.5. The summed E-state index contributed by atoms with van der Waals surface area (Å²) >= 11 is 6.20. The molecule has 0 amide bonds. The van der Waals surface area contributed by atoms with Crippen LogP contribution in [0.3, 0.4) is 0 Å². The number of methoxy groups -OCH3 is 1. The lowest BCUT2D eigenvalue weighted by molar-refractivity contribution is -0.136. The molecule has 0 spiro atoms. The average Bonchev–Trinajstić information content (AvgIpc) is 2.77. The van der Waals surface area contributed by atoms with Gasteiger partial charge >= 0.3 is 5.97 Å². The number of nitrogens with zero attached hydrogens (tertiary/aromatic N) is 2. The third kappa shape index (κ3) is 3.03. The van der Waals surface area contributed by atoms with Gasteiger partial charge in [0.1, 0.15) is 0 Å². The van der Waals surface area contributed by atoms with Crippen molar-refractivity contribution in [1.82, 2.24) is 9.78 Å². The van der Waals surface area contributed by atoms with Gasteiger partial charge in [0.15, 0.2) is 0 Å². The van der Waals surface area contributed by atoms with Gasteiger partial charge in [0, 0.05) is 5.56 Å².